The first-order valence-electron chi connectivity index (χ1n) is 6.06. The molecule has 0 saturated heterocycles. The summed E-state index contributed by atoms with van der Waals surface area (Å²) in [5, 5.41) is 2.55. The van der Waals surface area contributed by atoms with Gasteiger partial charge in [-0.25, -0.2) is 0 Å². The predicted octanol–water partition coefficient (Wildman–Crippen LogP) is 3.54. The van der Waals surface area contributed by atoms with Gasteiger partial charge in [-0.1, -0.05) is 20.8 Å². The van der Waals surface area contributed by atoms with Gasteiger partial charge < -0.3 is 14.4 Å². The average molecular weight is 334 g/mol. The van der Waals surface area contributed by atoms with Crippen LogP contribution < -0.4 is 5.32 Å². The molecule has 0 fully saturated rings. The highest BCUT2D eigenvalue weighted by Crippen LogP contribution is 2.54. The summed E-state index contributed by atoms with van der Waals surface area (Å²) in [6, 6.07) is 0. The fraction of sp³-hybridized carbons (Fsp3) is 0.909. The van der Waals surface area contributed by atoms with Crippen molar-refractivity contribution in [2.45, 2.75) is 45.2 Å². The summed E-state index contributed by atoms with van der Waals surface area (Å²) >= 11 is 11.6. The number of nitrogens with one attached hydrogen (secondary N) is 1. The van der Waals surface area contributed by atoms with E-state index in [1.54, 1.807) is 34.6 Å². The summed E-state index contributed by atoms with van der Waals surface area (Å²) < 4.78 is 22.9. The van der Waals surface area contributed by atoms with E-state index in [-0.39, 0.29) is 19.1 Å². The van der Waals surface area contributed by atoms with Crippen LogP contribution in [0.2, 0.25) is 0 Å². The lowest BCUT2D eigenvalue weighted by Gasteiger charge is -2.30. The monoisotopic (exact) mass is 333 g/mol. The summed E-state index contributed by atoms with van der Waals surface area (Å²) in [5.74, 6) is -1.43. The molecule has 19 heavy (non-hydrogen) atoms. The first-order valence-corrected chi connectivity index (χ1v) is 8.54. The standard InChI is InChI=1S/C11H22Cl2NO4P/c1-6-17-19(16,18-7-2)9(8(12)13)14-10(15)11(3,4)5/h8-9H,6-7H2,1-5H3,(H,14,15). The van der Waals surface area contributed by atoms with E-state index in [2.05, 4.69) is 5.32 Å². The number of alkyl halides is 2. The molecule has 8 heteroatoms. The molecule has 0 bridgehead atoms. The van der Waals surface area contributed by atoms with Crippen LogP contribution in [0.15, 0.2) is 0 Å². The largest absolute Gasteiger partial charge is 0.355 e. The maximum Gasteiger partial charge on any atom is 0.355 e. The van der Waals surface area contributed by atoms with Crippen molar-refractivity contribution in [3.05, 3.63) is 0 Å². The van der Waals surface area contributed by atoms with E-state index in [9.17, 15) is 9.36 Å². The molecule has 0 aromatic rings. The van der Waals surface area contributed by atoms with Crippen LogP contribution in [0.3, 0.4) is 0 Å². The van der Waals surface area contributed by atoms with Crippen LogP contribution in [0, 0.1) is 5.41 Å². The molecule has 0 aromatic heterocycles. The molecule has 1 amide bonds. The molecule has 1 N–H and O–H groups in total. The zero-order chi connectivity index (χ0) is 15.3. The predicted molar refractivity (Wildman–Crippen MR) is 77.7 cm³/mol. The number of rotatable bonds is 7. The van der Waals surface area contributed by atoms with Crippen LogP contribution in [0.4, 0.5) is 0 Å². The Bertz CT molecular complexity index is 334. The Morgan fingerprint density at radius 1 is 1.21 bits per heavy atom. The van der Waals surface area contributed by atoms with Crippen LogP contribution in [0.25, 0.3) is 0 Å². The first kappa shape index (κ1) is 19.2. The number of carbonyl (C=O) groups is 1. The van der Waals surface area contributed by atoms with Crippen molar-refractivity contribution in [1.29, 1.82) is 0 Å². The number of amides is 1. The van der Waals surface area contributed by atoms with Crippen molar-refractivity contribution in [2.24, 2.45) is 5.41 Å². The first-order chi connectivity index (χ1) is 8.58. The number of halogens is 2. The maximum absolute atomic E-state index is 12.6. The van der Waals surface area contributed by atoms with Gasteiger partial charge >= 0.3 is 7.60 Å². The van der Waals surface area contributed by atoms with E-state index in [0.717, 1.165) is 0 Å². The molecule has 1 unspecified atom stereocenters. The zero-order valence-corrected chi connectivity index (χ0v) is 14.3. The SMILES string of the molecule is CCOP(=O)(OCC)C(NC(=O)C(C)(C)C)C(Cl)Cl. The molecule has 0 aliphatic carbocycles. The molecule has 114 valence electrons. The summed E-state index contributed by atoms with van der Waals surface area (Å²) in [7, 11) is -3.60. The minimum absolute atomic E-state index is 0.166. The van der Waals surface area contributed by atoms with E-state index < -0.39 is 23.6 Å². The Balaban J connectivity index is 5.18. The van der Waals surface area contributed by atoms with E-state index in [1.165, 1.54) is 0 Å². The van der Waals surface area contributed by atoms with Crippen LogP contribution in [-0.2, 0) is 18.4 Å². The highest BCUT2D eigenvalue weighted by Gasteiger charge is 2.42. The van der Waals surface area contributed by atoms with Gasteiger partial charge in [-0.15, -0.1) is 23.2 Å². The molecule has 0 radical (unpaired) electrons. The third kappa shape index (κ3) is 6.01. The second-order valence-corrected chi connectivity index (χ2v) is 8.19. The maximum atomic E-state index is 12.6. The summed E-state index contributed by atoms with van der Waals surface area (Å²) in [4.78, 5) is 10.9. The third-order valence-corrected chi connectivity index (χ3v) is 5.36. The van der Waals surface area contributed by atoms with E-state index in [4.69, 9.17) is 32.2 Å². The Kier molecular flexibility index (Phi) is 7.93. The van der Waals surface area contributed by atoms with Gasteiger partial charge in [-0.2, -0.15) is 0 Å². The molecule has 0 heterocycles. The lowest BCUT2D eigenvalue weighted by molar-refractivity contribution is -0.128. The zero-order valence-electron chi connectivity index (χ0n) is 11.9. The lowest BCUT2D eigenvalue weighted by Crippen LogP contribution is -2.45. The Labute approximate surface area is 124 Å². The topological polar surface area (TPSA) is 64.6 Å². The Morgan fingerprint density at radius 3 is 1.89 bits per heavy atom. The summed E-state index contributed by atoms with van der Waals surface area (Å²) in [6.07, 6.45) is 0. The Morgan fingerprint density at radius 2 is 1.63 bits per heavy atom. The van der Waals surface area contributed by atoms with Crippen molar-refractivity contribution in [1.82, 2.24) is 5.32 Å². The molecule has 0 spiro atoms. The highest BCUT2D eigenvalue weighted by atomic mass is 35.5. The van der Waals surface area contributed by atoms with Crippen LogP contribution in [-0.4, -0.2) is 29.7 Å². The van der Waals surface area contributed by atoms with Crippen molar-refractivity contribution >= 4 is 36.7 Å². The van der Waals surface area contributed by atoms with Gasteiger partial charge in [0.2, 0.25) is 5.91 Å². The average Bonchev–Trinajstić information content (AvgIpc) is 2.24. The van der Waals surface area contributed by atoms with Gasteiger partial charge in [0.25, 0.3) is 0 Å². The van der Waals surface area contributed by atoms with Gasteiger partial charge in [0.1, 0.15) is 4.84 Å². The summed E-state index contributed by atoms with van der Waals surface area (Å²) in [6.45, 7) is 8.85. The molecule has 0 aromatic carbocycles. The number of hydrogen-bond donors (Lipinski definition) is 1. The fourth-order valence-electron chi connectivity index (χ4n) is 1.19. The molecule has 0 aliphatic rings. The van der Waals surface area contributed by atoms with Gasteiger partial charge in [0, 0.05) is 5.41 Å². The van der Waals surface area contributed by atoms with Crippen molar-refractivity contribution in [2.75, 3.05) is 13.2 Å². The van der Waals surface area contributed by atoms with Crippen molar-refractivity contribution in [3.8, 4) is 0 Å². The molecule has 0 aliphatic heterocycles. The van der Waals surface area contributed by atoms with Crippen molar-refractivity contribution in [3.63, 3.8) is 0 Å². The molecule has 0 saturated carbocycles. The molecular formula is C11H22Cl2NO4P. The number of carbonyl (C=O) groups excluding carboxylic acids is 1. The smallest absolute Gasteiger partial charge is 0.339 e. The van der Waals surface area contributed by atoms with Gasteiger partial charge in [-0.05, 0) is 13.8 Å². The molecule has 5 nitrogen and oxygen atoms in total. The second kappa shape index (κ2) is 7.84. The van der Waals surface area contributed by atoms with Gasteiger partial charge in [-0.3, -0.25) is 9.36 Å². The molecule has 0 rings (SSSR count). The van der Waals surface area contributed by atoms with Gasteiger partial charge in [0.05, 0.1) is 13.2 Å². The molecule has 1 atom stereocenters. The quantitative estimate of drug-likeness (QED) is 0.571. The molecular weight excluding hydrogens is 312 g/mol. The van der Waals surface area contributed by atoms with Crippen LogP contribution in [0.5, 0.6) is 0 Å². The van der Waals surface area contributed by atoms with E-state index in [1.807, 2.05) is 0 Å². The van der Waals surface area contributed by atoms with Crippen molar-refractivity contribution < 1.29 is 18.4 Å². The van der Waals surface area contributed by atoms with E-state index >= 15 is 0 Å². The lowest BCUT2D eigenvalue weighted by atomic mass is 9.96. The normalized spacial score (nSPS) is 14.5. The minimum Gasteiger partial charge on any atom is -0.339 e. The fourth-order valence-corrected chi connectivity index (χ4v) is 3.81. The second-order valence-electron chi connectivity index (χ2n) is 4.88. The summed E-state index contributed by atoms with van der Waals surface area (Å²) in [5.41, 5.74) is -0.663. The van der Waals surface area contributed by atoms with Crippen LogP contribution in [0.1, 0.15) is 34.6 Å². The third-order valence-electron chi connectivity index (χ3n) is 2.16. The van der Waals surface area contributed by atoms with E-state index in [0.29, 0.717) is 0 Å². The minimum atomic E-state index is -3.60. The number of hydrogen-bond acceptors (Lipinski definition) is 4. The highest BCUT2D eigenvalue weighted by molar-refractivity contribution is 7.55. The van der Waals surface area contributed by atoms with Crippen LogP contribution >= 0.6 is 30.8 Å². The Hall–Kier alpha value is 0.200. The van der Waals surface area contributed by atoms with Gasteiger partial charge in [0.15, 0.2) is 5.78 Å².